The van der Waals surface area contributed by atoms with Crippen LogP contribution in [0.4, 0.5) is 0 Å². The minimum Gasteiger partial charge on any atom is -0.0917 e. The van der Waals surface area contributed by atoms with Gasteiger partial charge < -0.3 is 0 Å². The van der Waals surface area contributed by atoms with Crippen molar-refractivity contribution < 1.29 is 0 Å². The number of rotatable bonds is 0. The largest absolute Gasteiger partial charge is 0.0917 e. The van der Waals surface area contributed by atoms with Crippen LogP contribution < -0.4 is 10.4 Å². The molecule has 0 nitrogen and oxygen atoms in total. The summed E-state index contributed by atoms with van der Waals surface area (Å²) in [5.74, 6) is 0. The molecule has 16 heavy (non-hydrogen) atoms. The Hall–Kier alpha value is -2.08. The monoisotopic (exact) mass is 200 g/mol. The third-order valence-corrected chi connectivity index (χ3v) is 2.59. The van der Waals surface area contributed by atoms with E-state index < -0.39 is 0 Å². The smallest absolute Gasteiger partial charge is 0.000115 e. The average molecular weight is 200 g/mol. The van der Waals surface area contributed by atoms with Crippen molar-refractivity contribution in [2.45, 2.75) is 0 Å². The average Bonchev–Trinajstić information content (AvgIpc) is 2.26. The van der Waals surface area contributed by atoms with Gasteiger partial charge in [0.15, 0.2) is 0 Å². The van der Waals surface area contributed by atoms with Crippen molar-refractivity contribution in [2.24, 2.45) is 0 Å². The maximum atomic E-state index is 5.70. The fourth-order valence-electron chi connectivity index (χ4n) is 1.82. The second-order valence-corrected chi connectivity index (χ2v) is 3.85. The minimum absolute atomic E-state index is 0.636. The lowest BCUT2D eigenvalue weighted by Crippen LogP contribution is -1.97. The summed E-state index contributed by atoms with van der Waals surface area (Å²) < 4.78 is 0. The van der Waals surface area contributed by atoms with E-state index in [0.29, 0.717) is 5.22 Å². The van der Waals surface area contributed by atoms with Gasteiger partial charge in [-0.05, 0) is 68.4 Å². The Bertz CT molecular complexity index is 713. The van der Waals surface area contributed by atoms with Crippen molar-refractivity contribution in [3.05, 3.63) is 59.0 Å². The Labute approximate surface area is 94.1 Å². The van der Waals surface area contributed by atoms with Gasteiger partial charge >= 0.3 is 0 Å². The first kappa shape index (κ1) is 9.17. The molecule has 0 saturated carbocycles. The molecule has 0 aliphatic carbocycles. The predicted molar refractivity (Wildman–Crippen MR) is 67.2 cm³/mol. The van der Waals surface area contributed by atoms with Crippen LogP contribution in [0.1, 0.15) is 0 Å². The van der Waals surface area contributed by atoms with Gasteiger partial charge in [-0.2, -0.15) is 0 Å². The van der Waals surface area contributed by atoms with E-state index in [1.54, 1.807) is 0 Å². The van der Waals surface area contributed by atoms with Crippen molar-refractivity contribution in [2.75, 3.05) is 0 Å². The van der Waals surface area contributed by atoms with Crippen LogP contribution in [0, 0.1) is 18.2 Å². The zero-order chi connectivity index (χ0) is 11.1. The van der Waals surface area contributed by atoms with Crippen LogP contribution in [0.25, 0.3) is 34.7 Å². The van der Waals surface area contributed by atoms with Crippen molar-refractivity contribution in [1.82, 2.24) is 0 Å². The molecule has 0 aliphatic heterocycles. The Morgan fingerprint density at radius 1 is 1.00 bits per heavy atom. The molecule has 3 aromatic rings. The van der Waals surface area contributed by atoms with E-state index in [2.05, 4.69) is 30.8 Å². The molecule has 0 heterocycles. The molecule has 0 atom stereocenters. The molecule has 0 aromatic heterocycles. The maximum absolute atomic E-state index is 5.70. The van der Waals surface area contributed by atoms with Gasteiger partial charge in [0.05, 0.1) is 0 Å². The standard InChI is InChI=1S/C16H8/c1-11-3-5-13-10-16-8-12(2)4-6-14(16)9-15(13)7-11/h1,3-5,8,10H,2H2. The molecule has 72 valence electrons. The first-order valence-electron chi connectivity index (χ1n) is 5.03. The highest BCUT2D eigenvalue weighted by Gasteiger charge is 1.98. The van der Waals surface area contributed by atoms with Crippen LogP contribution in [0.3, 0.4) is 0 Å². The summed E-state index contributed by atoms with van der Waals surface area (Å²) in [7, 11) is 0. The SMILES string of the molecule is [CH]=c1[c]c2[c]c3[c]cc(=C)cc3cc2cc1. The van der Waals surface area contributed by atoms with Gasteiger partial charge in [-0.1, -0.05) is 25.3 Å². The van der Waals surface area contributed by atoms with Crippen LogP contribution in [0.2, 0.25) is 0 Å². The summed E-state index contributed by atoms with van der Waals surface area (Å²) in [6, 6.07) is 19.3. The van der Waals surface area contributed by atoms with E-state index in [1.165, 1.54) is 0 Å². The molecular formula is C16H8. The van der Waals surface area contributed by atoms with Crippen LogP contribution in [-0.4, -0.2) is 0 Å². The van der Waals surface area contributed by atoms with E-state index >= 15 is 0 Å². The fraction of sp³-hybridized carbons (Fsp3) is 0. The first-order chi connectivity index (χ1) is 7.72. The van der Waals surface area contributed by atoms with Gasteiger partial charge in [-0.25, -0.2) is 0 Å². The molecule has 0 amide bonds. The molecular weight excluding hydrogens is 192 g/mol. The number of benzene rings is 3. The summed E-state index contributed by atoms with van der Waals surface area (Å²) in [5.41, 5.74) is 0. The second kappa shape index (κ2) is 3.21. The first-order valence-corrected chi connectivity index (χ1v) is 5.03. The van der Waals surface area contributed by atoms with Crippen molar-refractivity contribution in [1.29, 1.82) is 0 Å². The van der Waals surface area contributed by atoms with Crippen LogP contribution in [0.5, 0.6) is 0 Å². The van der Waals surface area contributed by atoms with E-state index in [-0.39, 0.29) is 0 Å². The van der Waals surface area contributed by atoms with Gasteiger partial charge in [0.1, 0.15) is 0 Å². The highest BCUT2D eigenvalue weighted by Crippen LogP contribution is 2.18. The Balaban J connectivity index is 2.53. The zero-order valence-corrected chi connectivity index (χ0v) is 8.67. The number of hydrogen-bond donors (Lipinski definition) is 0. The molecule has 0 bridgehead atoms. The molecule has 0 unspecified atom stereocenters. The molecule has 0 aliphatic rings. The zero-order valence-electron chi connectivity index (χ0n) is 8.67. The second-order valence-electron chi connectivity index (χ2n) is 3.85. The van der Waals surface area contributed by atoms with Crippen molar-refractivity contribution >= 4 is 34.7 Å². The topological polar surface area (TPSA) is 0 Å². The highest BCUT2D eigenvalue weighted by molar-refractivity contribution is 5.96. The third kappa shape index (κ3) is 1.40. The van der Waals surface area contributed by atoms with Crippen LogP contribution in [0.15, 0.2) is 30.3 Å². The van der Waals surface area contributed by atoms with E-state index in [4.69, 9.17) is 6.58 Å². The maximum Gasteiger partial charge on any atom is -0.000115 e. The van der Waals surface area contributed by atoms with Crippen LogP contribution in [-0.2, 0) is 0 Å². The number of fused-ring (bicyclic) bond motifs is 2. The summed E-state index contributed by atoms with van der Waals surface area (Å²) in [6.45, 7) is 9.59. The Morgan fingerprint density at radius 2 is 1.88 bits per heavy atom. The molecule has 0 N–H and O–H groups in total. The lowest BCUT2D eigenvalue weighted by Gasteiger charge is -2.00. The Kier molecular flexibility index (Phi) is 1.84. The van der Waals surface area contributed by atoms with Gasteiger partial charge in [-0.3, -0.25) is 0 Å². The lowest BCUT2D eigenvalue weighted by atomic mass is 10.0. The van der Waals surface area contributed by atoms with E-state index in [9.17, 15) is 0 Å². The quantitative estimate of drug-likeness (QED) is 0.487. The van der Waals surface area contributed by atoms with Gasteiger partial charge in [0.2, 0.25) is 0 Å². The molecule has 3 aromatic carbocycles. The molecule has 0 fully saturated rings. The van der Waals surface area contributed by atoms with Gasteiger partial charge in [-0.15, -0.1) is 0 Å². The summed E-state index contributed by atoms with van der Waals surface area (Å²) in [5, 5.41) is 5.62. The lowest BCUT2D eigenvalue weighted by molar-refractivity contribution is 1.65. The molecule has 0 spiro atoms. The summed E-state index contributed by atoms with van der Waals surface area (Å²) in [4.78, 5) is 0. The molecule has 3 rings (SSSR count). The molecule has 0 heteroatoms. The third-order valence-electron chi connectivity index (χ3n) is 2.59. The fourth-order valence-corrected chi connectivity index (χ4v) is 1.82. The van der Waals surface area contributed by atoms with Crippen molar-refractivity contribution in [3.8, 4) is 0 Å². The number of hydrogen-bond acceptors (Lipinski definition) is 0. The van der Waals surface area contributed by atoms with Gasteiger partial charge in [0, 0.05) is 0 Å². The van der Waals surface area contributed by atoms with E-state index in [1.807, 2.05) is 24.3 Å². The van der Waals surface area contributed by atoms with Crippen molar-refractivity contribution in [3.63, 3.8) is 0 Å². The highest BCUT2D eigenvalue weighted by atomic mass is 14.0. The Morgan fingerprint density at radius 3 is 2.75 bits per heavy atom. The van der Waals surface area contributed by atoms with E-state index in [0.717, 1.165) is 26.8 Å². The summed E-state index contributed by atoms with van der Waals surface area (Å²) in [6.07, 6.45) is 0. The summed E-state index contributed by atoms with van der Waals surface area (Å²) >= 11 is 0. The van der Waals surface area contributed by atoms with Gasteiger partial charge in [0.25, 0.3) is 0 Å². The normalized spacial score (nSPS) is 11.0. The predicted octanol–water partition coefficient (Wildman–Crippen LogP) is 2.09. The van der Waals surface area contributed by atoms with Crippen LogP contribution >= 0.6 is 0 Å². The minimum atomic E-state index is 0.636. The molecule has 4 radical (unpaired) electrons. The molecule has 0 saturated heterocycles.